The van der Waals surface area contributed by atoms with Gasteiger partial charge in [-0.2, -0.15) is 0 Å². The summed E-state index contributed by atoms with van der Waals surface area (Å²) in [6.07, 6.45) is 14.9. The van der Waals surface area contributed by atoms with Gasteiger partial charge in [0.2, 0.25) is 0 Å². The van der Waals surface area contributed by atoms with Gasteiger partial charge in [0.05, 0.1) is 71.3 Å². The zero-order chi connectivity index (χ0) is 103. The molecule has 0 bridgehead atoms. The van der Waals surface area contributed by atoms with Gasteiger partial charge in [0.1, 0.15) is 54.2 Å². The van der Waals surface area contributed by atoms with Crippen LogP contribution in [0, 0.1) is 0 Å². The number of aromatic nitrogens is 18. The molecule has 0 atom stereocenters. The fourth-order valence-corrected chi connectivity index (χ4v) is 20.3. The molecule has 33 heteroatoms. The van der Waals surface area contributed by atoms with Gasteiger partial charge in [-0.05, 0) is 230 Å². The number of hydrogen-bond donors (Lipinski definition) is 0. The zero-order valence-electron chi connectivity index (χ0n) is 93.2. The Morgan fingerprint density at radius 2 is 0.431 bits per heavy atom. The Kier molecular flexibility index (Phi) is 41.5. The topological polar surface area (TPSA) is 251 Å². The summed E-state index contributed by atoms with van der Waals surface area (Å²) in [5.41, 5.74) is 22.3. The molecule has 0 amide bonds. The Bertz CT molecular complexity index is 4910. The van der Waals surface area contributed by atoms with Crippen molar-refractivity contribution in [3.05, 3.63) is 176 Å². The average molecular weight is 1980 g/mol. The fourth-order valence-electron chi connectivity index (χ4n) is 20.3. The van der Waals surface area contributed by atoms with Crippen molar-refractivity contribution >= 4 is 0 Å². The van der Waals surface area contributed by atoms with Crippen molar-refractivity contribution in [2.24, 2.45) is 0 Å². The summed E-state index contributed by atoms with van der Waals surface area (Å²) in [5.74, 6) is 2.65. The van der Waals surface area contributed by atoms with E-state index in [2.05, 4.69) is 284 Å². The van der Waals surface area contributed by atoms with Crippen LogP contribution in [0.3, 0.4) is 0 Å². The monoisotopic (exact) mass is 1980 g/mol. The van der Waals surface area contributed by atoms with Gasteiger partial charge in [-0.3, -0.25) is 58.8 Å². The second-order valence-corrected chi connectivity index (χ2v) is 44.3. The van der Waals surface area contributed by atoms with Crippen LogP contribution in [0.5, 0.6) is 17.2 Å². The number of benzene rings is 4. The molecule has 6 aliphatic rings. The molecule has 6 fully saturated rings. The molecule has 792 valence electrons. The number of rotatable bonds is 39. The van der Waals surface area contributed by atoms with Gasteiger partial charge in [0, 0.05) is 269 Å². The molecular formula is C111H180N30O3. The molecule has 0 unspecified atom stereocenters. The van der Waals surface area contributed by atoms with Gasteiger partial charge in [-0.25, -0.2) is 28.1 Å². The summed E-state index contributed by atoms with van der Waals surface area (Å²) >= 11 is 0. The molecule has 144 heavy (non-hydrogen) atoms. The van der Waals surface area contributed by atoms with Crippen LogP contribution in [0.4, 0.5) is 0 Å². The lowest BCUT2D eigenvalue weighted by molar-refractivity contribution is 0.100. The summed E-state index contributed by atoms with van der Waals surface area (Å²) < 4.78 is 28.7. The quantitative estimate of drug-likeness (QED) is 0.0347. The van der Waals surface area contributed by atoms with Gasteiger partial charge in [0.25, 0.3) is 0 Å². The molecule has 6 aromatic heterocycles. The summed E-state index contributed by atoms with van der Waals surface area (Å²) in [6, 6.07) is 23.6. The highest BCUT2D eigenvalue weighted by molar-refractivity contribution is 5.54. The zero-order valence-corrected chi connectivity index (χ0v) is 93.2. The SMILES string of the molecule is CC(C)N1CCN(Cc2cc(CN3CCN(C(C)C)CC3)cc(CN3CCN(C(C)C)CC3)c2)CC1.CC(C)c1cn(-c2cc(-n3cc(C(C)C)nn3)cc(-n3cc(C(C)C)nn3)c2)nn1.CC(C)n1cc(COc2cc(OCc3cn(C(C)C)nn3)cc(OCc3cn(C(C)C)nn3)c2)nn1.CCc1c(CN2CCN(C(C)C)CC2)c(CC)c(CN2CCN(C(C)C)CC2)c(CC)c1CN1CCN(C(C)C)CC1. The lowest BCUT2D eigenvalue weighted by Gasteiger charge is -2.40. The van der Waals surface area contributed by atoms with Crippen molar-refractivity contribution in [2.75, 3.05) is 157 Å². The van der Waals surface area contributed by atoms with E-state index in [1.165, 1.54) is 174 Å². The van der Waals surface area contributed by atoms with Crippen LogP contribution in [0.1, 0.15) is 307 Å². The molecule has 16 rings (SSSR count). The van der Waals surface area contributed by atoms with Gasteiger partial charge < -0.3 is 14.2 Å². The maximum absolute atomic E-state index is 6.00. The predicted octanol–water partition coefficient (Wildman–Crippen LogP) is 16.0. The summed E-state index contributed by atoms with van der Waals surface area (Å²) in [4.78, 5) is 32.1. The lowest BCUT2D eigenvalue weighted by Crippen LogP contribution is -2.49. The maximum Gasteiger partial charge on any atom is 0.134 e. The molecule has 4 aromatic carbocycles. The van der Waals surface area contributed by atoms with Crippen molar-refractivity contribution in [3.63, 3.8) is 0 Å². The maximum atomic E-state index is 6.00. The summed E-state index contributed by atoms with van der Waals surface area (Å²) in [6.45, 7) is 96.4. The Morgan fingerprint density at radius 1 is 0.222 bits per heavy atom. The molecule has 0 saturated carbocycles. The number of ether oxygens (including phenoxy) is 3. The minimum absolute atomic E-state index is 0.227. The Morgan fingerprint density at radius 3 is 0.604 bits per heavy atom. The Labute approximate surface area is 863 Å². The minimum Gasteiger partial charge on any atom is -0.487 e. The third-order valence-corrected chi connectivity index (χ3v) is 29.8. The molecule has 6 aliphatic heterocycles. The molecule has 0 aliphatic carbocycles. The van der Waals surface area contributed by atoms with Gasteiger partial charge in [-0.15, -0.1) is 30.6 Å². The number of piperazine rings is 6. The van der Waals surface area contributed by atoms with Crippen LogP contribution in [0.2, 0.25) is 0 Å². The molecule has 10 aromatic rings. The van der Waals surface area contributed by atoms with E-state index >= 15 is 0 Å². The van der Waals surface area contributed by atoms with E-state index in [4.69, 9.17) is 14.2 Å². The first-order valence-corrected chi connectivity index (χ1v) is 54.8. The first-order chi connectivity index (χ1) is 69.0. The van der Waals surface area contributed by atoms with Crippen LogP contribution in [0.15, 0.2) is 91.8 Å². The van der Waals surface area contributed by atoms with E-state index in [1.54, 1.807) is 61.5 Å². The first kappa shape index (κ1) is 112. The van der Waals surface area contributed by atoms with Crippen molar-refractivity contribution in [3.8, 4) is 34.3 Å². The van der Waals surface area contributed by atoms with Crippen LogP contribution in [0.25, 0.3) is 17.1 Å². The smallest absolute Gasteiger partial charge is 0.134 e. The highest BCUT2D eigenvalue weighted by Crippen LogP contribution is 2.37. The normalized spacial score (nSPS) is 17.4. The van der Waals surface area contributed by atoms with Crippen LogP contribution in [-0.4, -0.2) is 342 Å². The standard InChI is InChI=1S/C36H66N6.C30H54N6.C24H33N9O3.C21H27N9/c1-10-31-34(25-37-13-19-40(20-14-37)28(4)5)32(11-2)36(27-39-17-23-42(24-18-39)30(8)9)33(12-3)35(31)26-38-15-21-41(22-16-38)29(6)7;1-25(2)34-13-7-31(8-14-34)22-28-19-29(23-32-9-15-35(16-10-32)26(3)4)21-30(20-28)24-33-11-17-36(18-12-33)27(5)6;1-16(2)31-10-19(25-28-31)13-34-22-7-23(35-14-20-11-32(17(3)4)29-26-20)9-24(8-22)36-15-21-12-33(18(5)6)30-27-21;1-13(2)19-10-28(25-22-19)16-7-17(29-11-20(14(3)4)23-26-29)9-18(8-16)30-12-21(15(5)6)24-27-30/h28-30H,10-27H2,1-9H3;19-21,25-27H,7-18,22-24H2,1-6H3;7-12,16-18H,13-15H2,1-6H3;7-15H,1-6H3. The largest absolute Gasteiger partial charge is 0.487 e. The van der Waals surface area contributed by atoms with E-state index in [9.17, 15) is 0 Å². The van der Waals surface area contributed by atoms with Crippen molar-refractivity contribution in [1.82, 2.24) is 149 Å². The van der Waals surface area contributed by atoms with E-state index in [-0.39, 0.29) is 37.9 Å². The second kappa shape index (κ2) is 53.5. The fraction of sp³-hybridized carbons (Fsp3) is 0.676. The highest BCUT2D eigenvalue weighted by Gasteiger charge is 2.32. The first-order valence-electron chi connectivity index (χ1n) is 54.8. The van der Waals surface area contributed by atoms with Crippen LogP contribution < -0.4 is 14.2 Å². The molecule has 12 heterocycles. The van der Waals surface area contributed by atoms with E-state index in [0.717, 1.165) is 110 Å². The van der Waals surface area contributed by atoms with Gasteiger partial charge in [-0.1, -0.05) is 112 Å². The van der Waals surface area contributed by atoms with E-state index in [1.807, 2.05) is 115 Å². The van der Waals surface area contributed by atoms with Crippen molar-refractivity contribution < 1.29 is 14.2 Å². The molecule has 0 N–H and O–H groups in total. The Hall–Kier alpha value is -9.36. The third-order valence-electron chi connectivity index (χ3n) is 29.8. The highest BCUT2D eigenvalue weighted by atomic mass is 16.5. The minimum atomic E-state index is 0.227. The molecule has 6 saturated heterocycles. The molecular weight excluding hydrogens is 1800 g/mol. The van der Waals surface area contributed by atoms with Crippen molar-refractivity contribution in [1.29, 1.82) is 0 Å². The summed E-state index contributed by atoms with van der Waals surface area (Å²) in [5, 5.41) is 50.7. The van der Waals surface area contributed by atoms with Crippen LogP contribution in [-0.2, 0) is 78.4 Å². The second-order valence-electron chi connectivity index (χ2n) is 44.3. The van der Waals surface area contributed by atoms with Crippen LogP contribution >= 0.6 is 0 Å². The molecule has 0 spiro atoms. The molecule has 0 radical (unpaired) electrons. The summed E-state index contributed by atoms with van der Waals surface area (Å²) in [7, 11) is 0. The van der Waals surface area contributed by atoms with Gasteiger partial charge in [0.15, 0.2) is 0 Å². The number of nitrogens with zero attached hydrogens (tertiary/aromatic N) is 30. The van der Waals surface area contributed by atoms with E-state index < -0.39 is 0 Å². The van der Waals surface area contributed by atoms with E-state index in [0.29, 0.717) is 71.3 Å². The average Bonchev–Trinajstić information content (AvgIpc) is 1.05. The molecule has 33 nitrogen and oxygen atoms in total. The lowest BCUT2D eigenvalue weighted by atomic mass is 9.82. The van der Waals surface area contributed by atoms with Gasteiger partial charge >= 0.3 is 0 Å². The third kappa shape index (κ3) is 31.6. The number of hydrogen-bond acceptors (Lipinski definition) is 27. The Balaban J connectivity index is 0.000000162. The predicted molar refractivity (Wildman–Crippen MR) is 577 cm³/mol. The van der Waals surface area contributed by atoms with Crippen molar-refractivity contribution in [2.45, 2.75) is 337 Å².